The van der Waals surface area contributed by atoms with Crippen molar-refractivity contribution in [3.8, 4) is 6.07 Å². The molecule has 0 fully saturated rings. The van der Waals surface area contributed by atoms with Crippen molar-refractivity contribution >= 4 is 21.9 Å². The Kier molecular flexibility index (Phi) is 5.71. The molecule has 0 atom stereocenters. The third-order valence-electron chi connectivity index (χ3n) is 2.40. The molecular weight excluding hydrogens is 282 g/mol. The van der Waals surface area contributed by atoms with Gasteiger partial charge in [0.2, 0.25) is 0 Å². The van der Waals surface area contributed by atoms with Gasteiger partial charge in [0.1, 0.15) is 0 Å². The molecule has 1 aromatic rings. The Balaban J connectivity index is 3.10. The van der Waals surface area contributed by atoms with Crippen molar-refractivity contribution in [2.45, 2.75) is 25.1 Å². The van der Waals surface area contributed by atoms with Gasteiger partial charge in [-0.2, -0.15) is 5.26 Å². The maximum atomic E-state index is 11.8. The second kappa shape index (κ2) is 7.08. The van der Waals surface area contributed by atoms with Crippen molar-refractivity contribution in [3.05, 3.63) is 34.9 Å². The summed E-state index contributed by atoms with van der Waals surface area (Å²) in [6.07, 6.45) is 0.975. The molecule has 0 N–H and O–H groups in total. The molecule has 0 heterocycles. The molecule has 0 aliphatic carbocycles. The van der Waals surface area contributed by atoms with E-state index in [2.05, 4.69) is 22.0 Å². The average Bonchev–Trinajstić information content (AvgIpc) is 2.36. The summed E-state index contributed by atoms with van der Waals surface area (Å²) < 4.78 is 5.01. The van der Waals surface area contributed by atoms with Gasteiger partial charge >= 0.3 is 5.97 Å². The Morgan fingerprint density at radius 3 is 2.88 bits per heavy atom. The summed E-state index contributed by atoms with van der Waals surface area (Å²) in [5, 5.41) is 9.31. The van der Waals surface area contributed by atoms with Gasteiger partial charge in [-0.25, -0.2) is 4.79 Å². The minimum absolute atomic E-state index is 0.316. The monoisotopic (exact) mass is 295 g/mol. The Bertz CT molecular complexity index is 438. The molecular formula is C13H14BrNO2. The van der Waals surface area contributed by atoms with Crippen molar-refractivity contribution in [1.82, 2.24) is 0 Å². The molecule has 0 unspecified atom stereocenters. The summed E-state index contributed by atoms with van der Waals surface area (Å²) in [5.74, 6) is -0.316. The van der Waals surface area contributed by atoms with Crippen LogP contribution in [0.1, 0.15) is 34.8 Å². The highest BCUT2D eigenvalue weighted by atomic mass is 79.9. The van der Waals surface area contributed by atoms with Crippen LogP contribution in [0.25, 0.3) is 0 Å². The molecule has 0 spiro atoms. The summed E-state index contributed by atoms with van der Waals surface area (Å²) >= 11 is 3.39. The Morgan fingerprint density at radius 2 is 2.29 bits per heavy atom. The molecule has 1 aromatic carbocycles. The Morgan fingerprint density at radius 1 is 1.53 bits per heavy atom. The molecule has 0 saturated carbocycles. The number of rotatable bonds is 5. The van der Waals surface area contributed by atoms with Crippen LogP contribution < -0.4 is 0 Å². The van der Waals surface area contributed by atoms with Crippen LogP contribution >= 0.6 is 15.9 Å². The smallest absolute Gasteiger partial charge is 0.338 e. The number of benzene rings is 1. The van der Waals surface area contributed by atoms with E-state index in [4.69, 9.17) is 10.00 Å². The van der Waals surface area contributed by atoms with Crippen molar-refractivity contribution in [1.29, 1.82) is 5.26 Å². The minimum atomic E-state index is -0.316. The molecule has 0 saturated heterocycles. The van der Waals surface area contributed by atoms with Gasteiger partial charge in [0.15, 0.2) is 0 Å². The van der Waals surface area contributed by atoms with Crippen LogP contribution in [0.5, 0.6) is 0 Å². The lowest BCUT2D eigenvalue weighted by molar-refractivity contribution is 0.0525. The number of esters is 1. The molecule has 0 bridgehead atoms. The topological polar surface area (TPSA) is 50.1 Å². The van der Waals surface area contributed by atoms with Gasteiger partial charge in [0.05, 0.1) is 18.2 Å². The van der Waals surface area contributed by atoms with Crippen molar-refractivity contribution in [2.75, 3.05) is 6.61 Å². The highest BCUT2D eigenvalue weighted by Gasteiger charge is 2.14. The van der Waals surface area contributed by atoms with E-state index in [9.17, 15) is 4.79 Å². The number of alkyl halides is 1. The fourth-order valence-corrected chi connectivity index (χ4v) is 2.16. The second-order valence-corrected chi connectivity index (χ2v) is 4.02. The zero-order valence-electron chi connectivity index (χ0n) is 9.70. The van der Waals surface area contributed by atoms with Crippen molar-refractivity contribution in [2.24, 2.45) is 0 Å². The molecule has 1 rings (SSSR count). The third-order valence-corrected chi connectivity index (χ3v) is 3.00. The SMILES string of the molecule is CCOC(=O)c1cccc(CBr)c1CCC#N. The molecule has 0 aromatic heterocycles. The summed E-state index contributed by atoms with van der Waals surface area (Å²) in [7, 11) is 0. The van der Waals surface area contributed by atoms with Gasteiger partial charge in [-0.3, -0.25) is 0 Å². The fourth-order valence-electron chi connectivity index (χ4n) is 1.64. The summed E-state index contributed by atoms with van der Waals surface area (Å²) in [4.78, 5) is 11.8. The predicted molar refractivity (Wildman–Crippen MR) is 69.0 cm³/mol. The van der Waals surface area contributed by atoms with Gasteiger partial charge < -0.3 is 4.74 Å². The summed E-state index contributed by atoms with van der Waals surface area (Å²) in [6.45, 7) is 2.14. The fraction of sp³-hybridized carbons (Fsp3) is 0.385. The Labute approximate surface area is 110 Å². The van der Waals surface area contributed by atoms with Gasteiger partial charge in [0, 0.05) is 11.8 Å². The lowest BCUT2D eigenvalue weighted by Crippen LogP contribution is -2.10. The quantitative estimate of drug-likeness (QED) is 0.619. The highest BCUT2D eigenvalue weighted by Crippen LogP contribution is 2.20. The third kappa shape index (κ3) is 3.57. The van der Waals surface area contributed by atoms with E-state index in [1.54, 1.807) is 13.0 Å². The second-order valence-electron chi connectivity index (χ2n) is 3.46. The molecule has 0 aliphatic rings. The zero-order valence-corrected chi connectivity index (χ0v) is 11.3. The van der Waals surface area contributed by atoms with Crippen LogP contribution in [-0.4, -0.2) is 12.6 Å². The molecule has 90 valence electrons. The lowest BCUT2D eigenvalue weighted by Gasteiger charge is -2.11. The van der Waals surface area contributed by atoms with Crippen LogP contribution in [0, 0.1) is 11.3 Å². The first-order valence-electron chi connectivity index (χ1n) is 5.45. The number of halogens is 1. The predicted octanol–water partition coefficient (Wildman–Crippen LogP) is 3.21. The first kappa shape index (κ1) is 13.7. The number of hydrogen-bond donors (Lipinski definition) is 0. The molecule has 3 nitrogen and oxygen atoms in total. The molecule has 4 heteroatoms. The van der Waals surface area contributed by atoms with E-state index in [-0.39, 0.29) is 5.97 Å². The van der Waals surface area contributed by atoms with E-state index >= 15 is 0 Å². The van der Waals surface area contributed by atoms with Crippen LogP contribution in [0.2, 0.25) is 0 Å². The van der Waals surface area contributed by atoms with Crippen LogP contribution in [0.4, 0.5) is 0 Å². The van der Waals surface area contributed by atoms with Crippen molar-refractivity contribution < 1.29 is 9.53 Å². The molecule has 0 amide bonds. The highest BCUT2D eigenvalue weighted by molar-refractivity contribution is 9.08. The standard InChI is InChI=1S/C13H14BrNO2/c1-2-17-13(16)12-6-3-5-10(9-14)11(12)7-4-8-15/h3,5-6H,2,4,7,9H2,1H3. The number of carbonyl (C=O) groups is 1. The van der Waals surface area contributed by atoms with E-state index in [0.717, 1.165) is 11.1 Å². The largest absolute Gasteiger partial charge is 0.462 e. The minimum Gasteiger partial charge on any atom is -0.462 e. The van der Waals surface area contributed by atoms with Crippen LogP contribution in [0.3, 0.4) is 0 Å². The number of nitriles is 1. The van der Waals surface area contributed by atoms with E-state index in [1.807, 2.05) is 12.1 Å². The number of carbonyl (C=O) groups excluding carboxylic acids is 1. The molecule has 0 aliphatic heterocycles. The van der Waals surface area contributed by atoms with E-state index in [0.29, 0.717) is 30.3 Å². The number of hydrogen-bond acceptors (Lipinski definition) is 3. The van der Waals surface area contributed by atoms with Crippen LogP contribution in [0.15, 0.2) is 18.2 Å². The first-order valence-corrected chi connectivity index (χ1v) is 6.57. The lowest BCUT2D eigenvalue weighted by atomic mass is 9.98. The normalized spacial score (nSPS) is 9.71. The average molecular weight is 296 g/mol. The summed E-state index contributed by atoms with van der Waals surface area (Å²) in [5.41, 5.74) is 2.51. The number of nitrogens with zero attached hydrogens (tertiary/aromatic N) is 1. The number of ether oxygens (including phenoxy) is 1. The summed E-state index contributed by atoms with van der Waals surface area (Å²) in [6, 6.07) is 7.63. The van der Waals surface area contributed by atoms with Gasteiger partial charge in [-0.15, -0.1) is 0 Å². The molecule has 0 radical (unpaired) electrons. The van der Waals surface area contributed by atoms with Crippen molar-refractivity contribution in [3.63, 3.8) is 0 Å². The first-order chi connectivity index (χ1) is 8.24. The van der Waals surface area contributed by atoms with Gasteiger partial charge in [-0.1, -0.05) is 28.1 Å². The van der Waals surface area contributed by atoms with E-state index in [1.165, 1.54) is 0 Å². The van der Waals surface area contributed by atoms with Gasteiger partial charge in [-0.05, 0) is 30.5 Å². The zero-order chi connectivity index (χ0) is 12.7. The maximum absolute atomic E-state index is 11.8. The van der Waals surface area contributed by atoms with Crippen LogP contribution in [-0.2, 0) is 16.5 Å². The Hall–Kier alpha value is -1.34. The van der Waals surface area contributed by atoms with E-state index < -0.39 is 0 Å². The maximum Gasteiger partial charge on any atom is 0.338 e. The molecule has 17 heavy (non-hydrogen) atoms. The van der Waals surface area contributed by atoms with Gasteiger partial charge in [0.25, 0.3) is 0 Å².